The summed E-state index contributed by atoms with van der Waals surface area (Å²) >= 11 is 6.58. The summed E-state index contributed by atoms with van der Waals surface area (Å²) in [5, 5.41) is 9.37. The third kappa shape index (κ3) is 9.12. The maximum Gasteiger partial charge on any atom is 0.435 e. The number of carbonyl (C=O) groups is 1. The van der Waals surface area contributed by atoms with Crippen LogP contribution in [-0.2, 0) is 69.1 Å². The van der Waals surface area contributed by atoms with E-state index in [4.69, 9.17) is 16.6 Å². The van der Waals surface area contributed by atoms with Crippen molar-refractivity contribution in [1.29, 1.82) is 0 Å². The molecule has 3 atom stereocenters. The first kappa shape index (κ1) is 49.0. The molecule has 68 heavy (non-hydrogen) atoms. The number of hydrogen-bond acceptors (Lipinski definition) is 8. The lowest BCUT2D eigenvalue weighted by atomic mass is 9.73. The van der Waals surface area contributed by atoms with Gasteiger partial charge in [-0.15, -0.1) is 0 Å². The van der Waals surface area contributed by atoms with E-state index in [2.05, 4.69) is 32.1 Å². The number of aromatic nitrogens is 5. The van der Waals surface area contributed by atoms with Crippen LogP contribution in [0.5, 0.6) is 0 Å². The van der Waals surface area contributed by atoms with E-state index < -0.39 is 126 Å². The minimum absolute atomic E-state index is 0.0194. The van der Waals surface area contributed by atoms with Gasteiger partial charge in [0, 0.05) is 34.9 Å². The smallest absolute Gasteiger partial charge is 0.346 e. The van der Waals surface area contributed by atoms with Crippen LogP contribution in [0.3, 0.4) is 0 Å². The predicted octanol–water partition coefficient (Wildman–Crippen LogP) is 8.54. The molecule has 12 nitrogen and oxygen atoms in total. The van der Waals surface area contributed by atoms with E-state index in [9.17, 15) is 56.8 Å². The molecule has 8 rings (SSSR count). The van der Waals surface area contributed by atoms with E-state index in [-0.39, 0.29) is 68.9 Å². The minimum atomic E-state index is -5.19. The Morgan fingerprint density at radius 2 is 1.62 bits per heavy atom. The number of pyridine rings is 1. The average molecular weight is 1020 g/mol. The normalized spacial score (nSPS) is 18.3. The van der Waals surface area contributed by atoms with Gasteiger partial charge >= 0.3 is 12.4 Å². The van der Waals surface area contributed by atoms with Crippen molar-refractivity contribution in [2.24, 2.45) is 5.92 Å². The van der Waals surface area contributed by atoms with Crippen LogP contribution in [0.2, 0.25) is 5.02 Å². The van der Waals surface area contributed by atoms with Gasteiger partial charge in [-0.2, -0.15) is 45.3 Å². The second kappa shape index (κ2) is 16.6. The molecule has 1 fully saturated rings. The molecule has 2 aromatic carbocycles. The number of sulfonamides is 1. The summed E-state index contributed by atoms with van der Waals surface area (Å²) in [5.74, 6) is -5.05. The lowest BCUT2D eigenvalue weighted by Crippen LogP contribution is -2.36. The fourth-order valence-electron chi connectivity index (χ4n) is 9.17. The van der Waals surface area contributed by atoms with Crippen LogP contribution in [0.15, 0.2) is 30.3 Å². The van der Waals surface area contributed by atoms with Crippen molar-refractivity contribution in [2.75, 3.05) is 17.2 Å². The fourth-order valence-corrected chi connectivity index (χ4v) is 10.1. The summed E-state index contributed by atoms with van der Waals surface area (Å²) in [7, 11) is -8.09. The monoisotopic (exact) mass is 1020 g/mol. The number of carbonyl (C=O) groups excluding carboxylic acids is 1. The van der Waals surface area contributed by atoms with Gasteiger partial charge in [-0.3, -0.25) is 18.9 Å². The van der Waals surface area contributed by atoms with Crippen LogP contribution in [0.25, 0.3) is 22.0 Å². The number of nitrogens with one attached hydrogen (secondary N) is 2. The molecule has 1 saturated carbocycles. The zero-order valence-electron chi connectivity index (χ0n) is 36.0. The predicted molar refractivity (Wildman–Crippen MR) is 228 cm³/mol. The standard InChI is InChI=1S/C43H38ClF10N7O5S2/c1-40(2,67(3,63)64)13-12-29-23-6-5-7-24(23)32(26-9-11-28(44)34-36(26)61(19-41(47,48)49)58-39(34)59-68(4,65)66)35(56-29)30(16-20-14-21(45)17-22(46)15-20)55-31(62)18-60-38-33(37(57-60)43(52,53)54)25-8-10-27(25)42(38,50)51/h9,11,14-15,17,25,27,30H,5-8,10,16,18-19H2,1-4H3,(H,55,62)(H,58,59)/t25-,27+,30-/m0/s1. The van der Waals surface area contributed by atoms with Crippen LogP contribution >= 0.6 is 11.6 Å². The Morgan fingerprint density at radius 1 is 0.956 bits per heavy atom. The Balaban J connectivity index is 1.39. The highest BCUT2D eigenvalue weighted by Crippen LogP contribution is 2.64. The van der Waals surface area contributed by atoms with Gasteiger partial charge in [0.15, 0.2) is 21.3 Å². The first-order valence-electron chi connectivity index (χ1n) is 20.7. The van der Waals surface area contributed by atoms with Crippen LogP contribution in [0.1, 0.15) is 90.1 Å². The highest BCUT2D eigenvalue weighted by molar-refractivity contribution is 7.92. The zero-order valence-corrected chi connectivity index (χ0v) is 38.4. The number of amides is 1. The topological polar surface area (TPSA) is 158 Å². The van der Waals surface area contributed by atoms with E-state index in [1.165, 1.54) is 26.0 Å². The molecule has 3 aliphatic rings. The molecular formula is C43H38ClF10N7O5S2. The molecule has 0 unspecified atom stereocenters. The number of halogens is 11. The Bertz CT molecular complexity index is 3210. The van der Waals surface area contributed by atoms with Gasteiger partial charge in [0.05, 0.1) is 33.9 Å². The number of sulfone groups is 1. The molecule has 364 valence electrons. The molecule has 0 radical (unpaired) electrons. The highest BCUT2D eigenvalue weighted by atomic mass is 35.5. The van der Waals surface area contributed by atoms with Crippen LogP contribution in [-0.4, -0.2) is 70.7 Å². The van der Waals surface area contributed by atoms with Gasteiger partial charge in [-0.1, -0.05) is 23.6 Å². The number of fused-ring (bicyclic) bond motifs is 5. The molecule has 0 spiro atoms. The van der Waals surface area contributed by atoms with Crippen molar-refractivity contribution in [1.82, 2.24) is 29.9 Å². The largest absolute Gasteiger partial charge is 0.435 e. The van der Waals surface area contributed by atoms with Crippen LogP contribution in [0, 0.1) is 29.4 Å². The third-order valence-electron chi connectivity index (χ3n) is 12.4. The molecule has 25 heteroatoms. The van der Waals surface area contributed by atoms with Gasteiger partial charge in [0.25, 0.3) is 5.92 Å². The van der Waals surface area contributed by atoms with E-state index in [1.54, 1.807) is 0 Å². The van der Waals surface area contributed by atoms with Crippen molar-refractivity contribution < 1.29 is 65.5 Å². The number of anilines is 1. The quantitative estimate of drug-likeness (QED) is 0.0985. The summed E-state index contributed by atoms with van der Waals surface area (Å²) in [6, 6.07) is 3.08. The first-order chi connectivity index (χ1) is 31.3. The molecule has 5 aromatic rings. The Kier molecular flexibility index (Phi) is 12.0. The maximum absolute atomic E-state index is 15.8. The maximum atomic E-state index is 15.8. The number of hydrogen-bond donors (Lipinski definition) is 2. The van der Waals surface area contributed by atoms with Crippen LogP contribution < -0.4 is 10.0 Å². The Hall–Kier alpha value is -5.41. The molecule has 3 aromatic heterocycles. The van der Waals surface area contributed by atoms with Crippen molar-refractivity contribution in [3.8, 4) is 23.0 Å². The van der Waals surface area contributed by atoms with Gasteiger partial charge in [-0.25, -0.2) is 30.6 Å². The van der Waals surface area contributed by atoms with Gasteiger partial charge in [0.1, 0.15) is 40.9 Å². The number of rotatable bonds is 11. The van der Waals surface area contributed by atoms with E-state index >= 15 is 8.78 Å². The van der Waals surface area contributed by atoms with Crippen molar-refractivity contribution in [3.05, 3.63) is 92.0 Å². The molecule has 2 N–H and O–H groups in total. The lowest BCUT2D eigenvalue weighted by molar-refractivity contribution is -0.144. The average Bonchev–Trinajstić information content (AvgIpc) is 3.90. The summed E-state index contributed by atoms with van der Waals surface area (Å²) in [4.78, 5) is 19.1. The zero-order chi connectivity index (χ0) is 49.8. The molecule has 3 heterocycles. The number of alkyl halides is 8. The van der Waals surface area contributed by atoms with E-state index in [0.717, 1.165) is 18.4 Å². The SMILES string of the molecule is CC(C)(C#Cc1nc([C@H](Cc2cc(F)cc(F)c2)NC(=O)Cn2nc(C(F)(F)F)c3c2C(F)(F)[C@@H]2CC[C@H]32)c(-c2ccc(Cl)c3c(NS(C)(=O)=O)nn(CC(F)(F)F)c23)c2c1CCC2)S(C)(=O)=O. The van der Waals surface area contributed by atoms with Crippen molar-refractivity contribution >= 4 is 54.1 Å². The third-order valence-corrected chi connectivity index (χ3v) is 15.3. The molecule has 0 saturated heterocycles. The Labute approximate surface area is 386 Å². The van der Waals surface area contributed by atoms with E-state index in [1.807, 2.05) is 0 Å². The van der Waals surface area contributed by atoms with E-state index in [0.29, 0.717) is 34.6 Å². The lowest BCUT2D eigenvalue weighted by Gasteiger charge is -2.34. The minimum Gasteiger partial charge on any atom is -0.346 e. The fraction of sp³-hybridized carbons (Fsp3) is 0.442. The first-order valence-corrected chi connectivity index (χ1v) is 24.8. The van der Waals surface area contributed by atoms with Crippen molar-refractivity contribution in [3.63, 3.8) is 0 Å². The summed E-state index contributed by atoms with van der Waals surface area (Å²) < 4.78 is 199. The summed E-state index contributed by atoms with van der Waals surface area (Å²) in [6.07, 6.45) is -8.52. The van der Waals surface area contributed by atoms with Gasteiger partial charge < -0.3 is 5.32 Å². The molecule has 3 aliphatic carbocycles. The number of nitrogens with zero attached hydrogens (tertiary/aromatic N) is 5. The van der Waals surface area contributed by atoms with Gasteiger partial charge in [0.2, 0.25) is 15.9 Å². The Morgan fingerprint density at radius 3 is 2.21 bits per heavy atom. The molecule has 0 bridgehead atoms. The molecule has 0 aliphatic heterocycles. The second-order valence-electron chi connectivity index (χ2n) is 17.7. The van der Waals surface area contributed by atoms with Crippen LogP contribution in [0.4, 0.5) is 49.7 Å². The summed E-state index contributed by atoms with van der Waals surface area (Å²) in [5.41, 5.74) is -3.83. The second-order valence-corrected chi connectivity index (χ2v) is 22.4. The van der Waals surface area contributed by atoms with Crippen molar-refractivity contribution in [2.45, 2.75) is 100 Å². The van der Waals surface area contributed by atoms with Gasteiger partial charge in [-0.05, 0) is 99.1 Å². The summed E-state index contributed by atoms with van der Waals surface area (Å²) in [6.45, 7) is -0.431. The molecular weight excluding hydrogens is 984 g/mol. The molecule has 1 amide bonds. The number of benzene rings is 2. The highest BCUT2D eigenvalue weighted by Gasteiger charge is 2.63.